The van der Waals surface area contributed by atoms with E-state index in [4.69, 9.17) is 4.74 Å². The Balaban J connectivity index is 2.38. The number of methoxy groups -OCH3 is 1. The van der Waals surface area contributed by atoms with E-state index in [0.29, 0.717) is 0 Å². The van der Waals surface area contributed by atoms with E-state index in [1.165, 1.54) is 19.2 Å². The molecule has 0 unspecified atom stereocenters. The molecule has 0 radical (unpaired) electrons. The molecule has 0 aromatic heterocycles. The van der Waals surface area contributed by atoms with E-state index in [-0.39, 0.29) is 16.9 Å². The number of carbonyl (C=O) groups excluding carboxylic acids is 1. The summed E-state index contributed by atoms with van der Waals surface area (Å²) in [5, 5.41) is 0. The highest BCUT2D eigenvalue weighted by molar-refractivity contribution is 6.09. The summed E-state index contributed by atoms with van der Waals surface area (Å²) in [7, 11) is 1.30. The molecule has 5 heteroatoms. The lowest BCUT2D eigenvalue weighted by Crippen LogP contribution is -2.03. The third-order valence-electron chi connectivity index (χ3n) is 2.60. The second-order valence-electron chi connectivity index (χ2n) is 3.81. The van der Waals surface area contributed by atoms with E-state index in [1.54, 1.807) is 0 Å². The maximum atomic E-state index is 13.5. The van der Waals surface area contributed by atoms with Gasteiger partial charge in [0.1, 0.15) is 0 Å². The predicted octanol–water partition coefficient (Wildman–Crippen LogP) is 3.34. The van der Waals surface area contributed by atoms with Crippen LogP contribution in [0.25, 0.3) is 0 Å². The molecular weight excluding hydrogens is 257 g/mol. The number of hydrogen-bond acceptors (Lipinski definition) is 2. The summed E-state index contributed by atoms with van der Waals surface area (Å²) in [5.74, 6) is -3.46. The second-order valence-corrected chi connectivity index (χ2v) is 3.81. The minimum Gasteiger partial charge on any atom is -0.494 e. The number of carbonyl (C=O) groups is 1. The van der Waals surface area contributed by atoms with Gasteiger partial charge in [-0.15, -0.1) is 0 Å². The molecule has 0 atom stereocenters. The standard InChI is InChI=1S/C14H9F3O2/c1-19-13-5-3-9(7-12(13)17)14(18)8-2-4-10(15)11(16)6-8/h2-7H,1H3. The highest BCUT2D eigenvalue weighted by atomic mass is 19.2. The Hall–Kier alpha value is -2.30. The zero-order chi connectivity index (χ0) is 14.0. The van der Waals surface area contributed by atoms with E-state index in [1.807, 2.05) is 0 Å². The molecule has 98 valence electrons. The molecule has 0 heterocycles. The van der Waals surface area contributed by atoms with Crippen molar-refractivity contribution in [1.29, 1.82) is 0 Å². The Morgan fingerprint density at radius 2 is 1.47 bits per heavy atom. The molecule has 2 nitrogen and oxygen atoms in total. The Morgan fingerprint density at radius 3 is 2.00 bits per heavy atom. The van der Waals surface area contributed by atoms with Crippen molar-refractivity contribution in [3.8, 4) is 5.75 Å². The molecule has 0 aliphatic heterocycles. The maximum absolute atomic E-state index is 13.5. The molecule has 0 amide bonds. The molecule has 0 bridgehead atoms. The minimum atomic E-state index is -1.13. The van der Waals surface area contributed by atoms with Crippen molar-refractivity contribution in [1.82, 2.24) is 0 Å². The van der Waals surface area contributed by atoms with E-state index >= 15 is 0 Å². The van der Waals surface area contributed by atoms with E-state index in [2.05, 4.69) is 0 Å². The fourth-order valence-electron chi connectivity index (χ4n) is 1.61. The van der Waals surface area contributed by atoms with Gasteiger partial charge in [-0.1, -0.05) is 0 Å². The van der Waals surface area contributed by atoms with Crippen molar-refractivity contribution in [3.63, 3.8) is 0 Å². The number of rotatable bonds is 3. The molecule has 2 aromatic rings. The normalized spacial score (nSPS) is 10.3. The van der Waals surface area contributed by atoms with Crippen molar-refractivity contribution in [3.05, 3.63) is 65.0 Å². The topological polar surface area (TPSA) is 26.3 Å². The molecule has 0 fully saturated rings. The van der Waals surface area contributed by atoms with Crippen LogP contribution in [0, 0.1) is 17.5 Å². The highest BCUT2D eigenvalue weighted by Gasteiger charge is 2.14. The first-order chi connectivity index (χ1) is 9.02. The summed E-state index contributed by atoms with van der Waals surface area (Å²) in [6.07, 6.45) is 0. The van der Waals surface area contributed by atoms with Gasteiger partial charge >= 0.3 is 0 Å². The van der Waals surface area contributed by atoms with Crippen LogP contribution in [0.3, 0.4) is 0 Å². The average molecular weight is 266 g/mol. The quantitative estimate of drug-likeness (QED) is 0.796. The van der Waals surface area contributed by atoms with Crippen molar-refractivity contribution < 1.29 is 22.7 Å². The van der Waals surface area contributed by atoms with E-state index in [0.717, 1.165) is 24.3 Å². The largest absolute Gasteiger partial charge is 0.494 e. The number of benzene rings is 2. The summed E-state index contributed by atoms with van der Waals surface area (Å²) in [5.41, 5.74) is -0.0206. The van der Waals surface area contributed by atoms with Gasteiger partial charge in [-0.3, -0.25) is 4.79 Å². The van der Waals surface area contributed by atoms with Gasteiger partial charge in [0.25, 0.3) is 0 Å². The molecule has 0 saturated heterocycles. The van der Waals surface area contributed by atoms with E-state index < -0.39 is 23.2 Å². The Morgan fingerprint density at radius 1 is 0.895 bits per heavy atom. The molecule has 0 spiro atoms. The lowest BCUT2D eigenvalue weighted by atomic mass is 10.0. The Kier molecular flexibility index (Phi) is 3.55. The number of halogens is 3. The van der Waals surface area contributed by atoms with Crippen LogP contribution in [0.4, 0.5) is 13.2 Å². The summed E-state index contributed by atoms with van der Waals surface area (Å²) < 4.78 is 44.0. The van der Waals surface area contributed by atoms with Crippen LogP contribution in [0.5, 0.6) is 5.75 Å². The summed E-state index contributed by atoms with van der Waals surface area (Å²) in [6, 6.07) is 6.40. The fraction of sp³-hybridized carbons (Fsp3) is 0.0714. The Labute approximate surface area is 107 Å². The summed E-state index contributed by atoms with van der Waals surface area (Å²) in [4.78, 5) is 12.0. The molecule has 19 heavy (non-hydrogen) atoms. The third-order valence-corrected chi connectivity index (χ3v) is 2.60. The maximum Gasteiger partial charge on any atom is 0.193 e. The lowest BCUT2D eigenvalue weighted by Gasteiger charge is -2.05. The number of ketones is 1. The third kappa shape index (κ3) is 2.59. The van der Waals surface area contributed by atoms with Gasteiger partial charge in [0, 0.05) is 11.1 Å². The molecule has 0 N–H and O–H groups in total. The summed E-state index contributed by atoms with van der Waals surface area (Å²) >= 11 is 0. The molecular formula is C14H9F3O2. The minimum absolute atomic E-state index is 0.00170. The van der Waals surface area contributed by atoms with Crippen LogP contribution in [0.2, 0.25) is 0 Å². The average Bonchev–Trinajstić information content (AvgIpc) is 2.41. The van der Waals surface area contributed by atoms with Crippen LogP contribution < -0.4 is 4.74 Å². The van der Waals surface area contributed by atoms with Crippen LogP contribution >= 0.6 is 0 Å². The van der Waals surface area contributed by atoms with Crippen LogP contribution in [0.15, 0.2) is 36.4 Å². The van der Waals surface area contributed by atoms with Crippen LogP contribution in [0.1, 0.15) is 15.9 Å². The molecule has 2 rings (SSSR count). The lowest BCUT2D eigenvalue weighted by molar-refractivity contribution is 0.103. The molecule has 0 aliphatic rings. The fourth-order valence-corrected chi connectivity index (χ4v) is 1.61. The monoisotopic (exact) mass is 266 g/mol. The highest BCUT2D eigenvalue weighted by Crippen LogP contribution is 2.20. The van der Waals surface area contributed by atoms with Crippen molar-refractivity contribution in [2.75, 3.05) is 7.11 Å². The van der Waals surface area contributed by atoms with E-state index in [9.17, 15) is 18.0 Å². The van der Waals surface area contributed by atoms with Gasteiger partial charge in [-0.25, -0.2) is 13.2 Å². The van der Waals surface area contributed by atoms with Crippen molar-refractivity contribution in [2.45, 2.75) is 0 Å². The summed E-state index contributed by atoms with van der Waals surface area (Å²) in [6.45, 7) is 0. The van der Waals surface area contributed by atoms with Gasteiger partial charge in [0.05, 0.1) is 7.11 Å². The number of ether oxygens (including phenoxy) is 1. The van der Waals surface area contributed by atoms with Gasteiger partial charge in [-0.05, 0) is 36.4 Å². The molecule has 0 aliphatic carbocycles. The smallest absolute Gasteiger partial charge is 0.193 e. The first-order valence-corrected chi connectivity index (χ1v) is 5.36. The van der Waals surface area contributed by atoms with Gasteiger partial charge < -0.3 is 4.74 Å². The van der Waals surface area contributed by atoms with Gasteiger partial charge in [-0.2, -0.15) is 0 Å². The second kappa shape index (κ2) is 5.14. The SMILES string of the molecule is COc1ccc(C(=O)c2ccc(F)c(F)c2)cc1F. The number of hydrogen-bond donors (Lipinski definition) is 0. The van der Waals surface area contributed by atoms with Crippen molar-refractivity contribution >= 4 is 5.78 Å². The zero-order valence-electron chi connectivity index (χ0n) is 9.91. The van der Waals surface area contributed by atoms with Gasteiger partial charge in [0.2, 0.25) is 0 Å². The Bertz CT molecular complexity index is 639. The van der Waals surface area contributed by atoms with Crippen LogP contribution in [-0.2, 0) is 0 Å². The van der Waals surface area contributed by atoms with Crippen molar-refractivity contribution in [2.24, 2.45) is 0 Å². The molecule has 2 aromatic carbocycles. The first-order valence-electron chi connectivity index (χ1n) is 5.36. The first kappa shape index (κ1) is 13.1. The molecule has 0 saturated carbocycles. The van der Waals surface area contributed by atoms with Gasteiger partial charge in [0.15, 0.2) is 29.0 Å². The zero-order valence-corrected chi connectivity index (χ0v) is 9.91. The van der Waals surface area contributed by atoms with Crippen LogP contribution in [-0.4, -0.2) is 12.9 Å². The predicted molar refractivity (Wildman–Crippen MR) is 62.7 cm³/mol.